The standard InChI is InChI=1S/C16H12F3NO3S/c1-8-5-10-11(3-4-12(22-2)14(10)17)20(8)15(21)9-6-13(24-7-9)23-16(18)19/h3-7,16H,1-2H3. The number of aromatic nitrogens is 1. The second-order valence-corrected chi connectivity index (χ2v) is 5.85. The number of benzene rings is 1. The highest BCUT2D eigenvalue weighted by Crippen LogP contribution is 2.31. The summed E-state index contributed by atoms with van der Waals surface area (Å²) in [6.07, 6.45) is 0. The van der Waals surface area contributed by atoms with Crippen LogP contribution >= 0.6 is 11.3 Å². The van der Waals surface area contributed by atoms with Crippen molar-refractivity contribution in [3.8, 4) is 10.8 Å². The molecule has 0 N–H and O–H groups in total. The quantitative estimate of drug-likeness (QED) is 0.694. The van der Waals surface area contributed by atoms with Crippen LogP contribution in [0.25, 0.3) is 10.9 Å². The average molecular weight is 355 g/mol. The maximum Gasteiger partial charge on any atom is 0.388 e. The molecule has 2 aromatic heterocycles. The number of carbonyl (C=O) groups is 1. The molecule has 0 fully saturated rings. The summed E-state index contributed by atoms with van der Waals surface area (Å²) in [4.78, 5) is 12.7. The summed E-state index contributed by atoms with van der Waals surface area (Å²) in [5.74, 6) is -0.931. The first-order chi connectivity index (χ1) is 11.4. The molecule has 1 aromatic carbocycles. The number of carbonyl (C=O) groups excluding carboxylic acids is 1. The first kappa shape index (κ1) is 16.4. The monoisotopic (exact) mass is 355 g/mol. The fraction of sp³-hybridized carbons (Fsp3) is 0.188. The molecule has 3 rings (SSSR count). The van der Waals surface area contributed by atoms with Crippen LogP contribution in [0.15, 0.2) is 29.6 Å². The zero-order valence-electron chi connectivity index (χ0n) is 12.7. The SMILES string of the molecule is COc1ccc2c(cc(C)n2C(=O)c2csc(OC(F)F)c2)c1F. The Hall–Kier alpha value is -2.48. The molecule has 0 spiro atoms. The van der Waals surface area contributed by atoms with Crippen molar-refractivity contribution < 1.29 is 27.4 Å². The molecule has 8 heteroatoms. The molecule has 0 amide bonds. The molecule has 0 bridgehead atoms. The van der Waals surface area contributed by atoms with E-state index in [1.54, 1.807) is 13.0 Å². The molecule has 2 heterocycles. The van der Waals surface area contributed by atoms with Gasteiger partial charge in [0.15, 0.2) is 16.6 Å². The van der Waals surface area contributed by atoms with Gasteiger partial charge in [0.05, 0.1) is 18.2 Å². The number of rotatable bonds is 4. The van der Waals surface area contributed by atoms with Crippen LogP contribution in [0.4, 0.5) is 13.2 Å². The van der Waals surface area contributed by atoms with Gasteiger partial charge in [-0.15, -0.1) is 11.3 Å². The Morgan fingerprint density at radius 1 is 1.29 bits per heavy atom. The molecule has 0 aliphatic heterocycles. The zero-order valence-corrected chi connectivity index (χ0v) is 13.5. The fourth-order valence-electron chi connectivity index (χ4n) is 2.49. The molecule has 0 saturated carbocycles. The van der Waals surface area contributed by atoms with E-state index in [0.29, 0.717) is 11.2 Å². The first-order valence-corrected chi connectivity index (χ1v) is 7.73. The molecule has 0 radical (unpaired) electrons. The van der Waals surface area contributed by atoms with Crippen molar-refractivity contribution >= 4 is 28.1 Å². The molecule has 126 valence electrons. The molecule has 0 aliphatic carbocycles. The van der Waals surface area contributed by atoms with E-state index in [1.165, 1.54) is 35.3 Å². The molecular weight excluding hydrogens is 343 g/mol. The number of hydrogen-bond acceptors (Lipinski definition) is 4. The van der Waals surface area contributed by atoms with Crippen LogP contribution in [-0.2, 0) is 0 Å². The molecule has 0 unspecified atom stereocenters. The maximum atomic E-state index is 14.3. The lowest BCUT2D eigenvalue weighted by molar-refractivity contribution is -0.0472. The Morgan fingerprint density at radius 2 is 2.04 bits per heavy atom. The van der Waals surface area contributed by atoms with Gasteiger partial charge in [-0.1, -0.05) is 0 Å². The van der Waals surface area contributed by atoms with Gasteiger partial charge in [0.2, 0.25) is 0 Å². The van der Waals surface area contributed by atoms with E-state index in [9.17, 15) is 18.0 Å². The highest BCUT2D eigenvalue weighted by molar-refractivity contribution is 7.12. The molecule has 4 nitrogen and oxygen atoms in total. The van der Waals surface area contributed by atoms with E-state index >= 15 is 0 Å². The van der Waals surface area contributed by atoms with Crippen molar-refractivity contribution in [2.75, 3.05) is 7.11 Å². The van der Waals surface area contributed by atoms with Crippen LogP contribution < -0.4 is 9.47 Å². The minimum absolute atomic E-state index is 0.0599. The van der Waals surface area contributed by atoms with Crippen molar-refractivity contribution in [1.29, 1.82) is 0 Å². The third-order valence-corrected chi connectivity index (χ3v) is 4.34. The number of halogens is 3. The summed E-state index contributed by atoms with van der Waals surface area (Å²) in [5, 5.41) is 1.61. The molecule has 0 atom stereocenters. The Labute approximate surface area is 139 Å². The van der Waals surface area contributed by atoms with Crippen molar-refractivity contribution in [2.45, 2.75) is 13.5 Å². The number of nitrogens with zero attached hydrogens (tertiary/aromatic N) is 1. The third-order valence-electron chi connectivity index (χ3n) is 3.52. The van der Waals surface area contributed by atoms with Gasteiger partial charge in [0.25, 0.3) is 5.91 Å². The minimum atomic E-state index is -2.96. The number of fused-ring (bicyclic) bond motifs is 1. The van der Waals surface area contributed by atoms with Gasteiger partial charge >= 0.3 is 6.61 Å². The van der Waals surface area contributed by atoms with E-state index in [2.05, 4.69) is 4.74 Å². The topological polar surface area (TPSA) is 40.5 Å². The zero-order chi connectivity index (χ0) is 17.4. The van der Waals surface area contributed by atoms with Crippen molar-refractivity contribution in [3.63, 3.8) is 0 Å². The summed E-state index contributed by atoms with van der Waals surface area (Å²) in [6, 6.07) is 5.78. The van der Waals surface area contributed by atoms with Gasteiger partial charge in [-0.3, -0.25) is 9.36 Å². The Morgan fingerprint density at radius 3 is 2.71 bits per heavy atom. The molecule has 0 saturated heterocycles. The van der Waals surface area contributed by atoms with Crippen LogP contribution in [0.1, 0.15) is 16.1 Å². The second kappa shape index (κ2) is 6.20. The summed E-state index contributed by atoms with van der Waals surface area (Å²) >= 11 is 0.893. The second-order valence-electron chi connectivity index (χ2n) is 4.97. The van der Waals surface area contributed by atoms with Crippen LogP contribution in [0.5, 0.6) is 10.8 Å². The average Bonchev–Trinajstić information content (AvgIpc) is 3.11. The lowest BCUT2D eigenvalue weighted by Crippen LogP contribution is -2.12. The normalized spacial score (nSPS) is 11.2. The Bertz CT molecular complexity index is 917. The van der Waals surface area contributed by atoms with Gasteiger partial charge in [-0.05, 0) is 25.1 Å². The van der Waals surface area contributed by atoms with Crippen LogP contribution in [0, 0.1) is 12.7 Å². The summed E-state index contributed by atoms with van der Waals surface area (Å²) < 4.78 is 49.3. The molecule has 0 aliphatic rings. The van der Waals surface area contributed by atoms with Crippen LogP contribution in [0.2, 0.25) is 0 Å². The van der Waals surface area contributed by atoms with E-state index in [0.717, 1.165) is 11.3 Å². The largest absolute Gasteiger partial charge is 0.494 e. The molecular formula is C16H12F3NO3S. The highest BCUT2D eigenvalue weighted by atomic mass is 32.1. The van der Waals surface area contributed by atoms with Crippen molar-refractivity contribution in [3.05, 3.63) is 46.7 Å². The fourth-order valence-corrected chi connectivity index (χ4v) is 3.23. The van der Waals surface area contributed by atoms with Gasteiger partial charge in [-0.25, -0.2) is 4.39 Å². The maximum absolute atomic E-state index is 14.3. The van der Waals surface area contributed by atoms with Crippen molar-refractivity contribution in [1.82, 2.24) is 4.57 Å². The predicted molar refractivity (Wildman–Crippen MR) is 83.9 cm³/mol. The number of ether oxygens (including phenoxy) is 2. The predicted octanol–water partition coefficient (Wildman–Crippen LogP) is 4.45. The number of aryl methyl sites for hydroxylation is 1. The number of alkyl halides is 2. The van der Waals surface area contributed by atoms with Gasteiger partial charge in [0, 0.05) is 22.5 Å². The molecule has 3 aromatic rings. The van der Waals surface area contributed by atoms with Gasteiger partial charge in [-0.2, -0.15) is 8.78 Å². The van der Waals surface area contributed by atoms with E-state index in [4.69, 9.17) is 4.74 Å². The Balaban J connectivity index is 2.05. The van der Waals surface area contributed by atoms with Crippen LogP contribution in [0.3, 0.4) is 0 Å². The third kappa shape index (κ3) is 2.73. The summed E-state index contributed by atoms with van der Waals surface area (Å²) in [7, 11) is 1.36. The lowest BCUT2D eigenvalue weighted by Gasteiger charge is -2.07. The van der Waals surface area contributed by atoms with Crippen LogP contribution in [-0.4, -0.2) is 24.2 Å². The van der Waals surface area contributed by atoms with E-state index in [1.807, 2.05) is 0 Å². The van der Waals surface area contributed by atoms with E-state index in [-0.39, 0.29) is 21.8 Å². The number of hydrogen-bond donors (Lipinski definition) is 0. The van der Waals surface area contributed by atoms with Gasteiger partial charge in [0.1, 0.15) is 0 Å². The summed E-state index contributed by atoms with van der Waals surface area (Å²) in [6.45, 7) is -1.30. The smallest absolute Gasteiger partial charge is 0.388 e. The van der Waals surface area contributed by atoms with Crippen molar-refractivity contribution in [2.24, 2.45) is 0 Å². The molecule has 24 heavy (non-hydrogen) atoms. The highest BCUT2D eigenvalue weighted by Gasteiger charge is 2.20. The summed E-state index contributed by atoms with van der Waals surface area (Å²) in [5.41, 5.74) is 1.08. The number of thiophene rings is 1. The lowest BCUT2D eigenvalue weighted by atomic mass is 10.2. The Kier molecular flexibility index (Phi) is 4.23. The first-order valence-electron chi connectivity index (χ1n) is 6.85. The minimum Gasteiger partial charge on any atom is -0.494 e. The van der Waals surface area contributed by atoms with Gasteiger partial charge < -0.3 is 9.47 Å². The van der Waals surface area contributed by atoms with E-state index < -0.39 is 18.3 Å². The number of methoxy groups -OCH3 is 1.